The van der Waals surface area contributed by atoms with Crippen molar-refractivity contribution in [2.75, 3.05) is 0 Å². The van der Waals surface area contributed by atoms with Gasteiger partial charge in [-0.3, -0.25) is 0 Å². The smallest absolute Gasteiger partial charge is 0.0390 e. The Morgan fingerprint density at radius 3 is 0.590 bits per heavy atom. The lowest BCUT2D eigenvalue weighted by Crippen LogP contribution is -2.57. The molecule has 39 heavy (non-hydrogen) atoms. The van der Waals surface area contributed by atoms with Gasteiger partial charge in [0, 0.05) is 23.7 Å². The van der Waals surface area contributed by atoms with Gasteiger partial charge in [-0.15, -0.1) is 0 Å². The van der Waals surface area contributed by atoms with Gasteiger partial charge in [0.25, 0.3) is 0 Å². The SMILES string of the molecule is CCCCCC[Si](CCCCCC)(CCCCCC)[Si][Si](CCCCCC)(CCCCCC)CCCCCC. The molecule has 0 atom stereocenters. The average molecular weight is 595 g/mol. The summed E-state index contributed by atoms with van der Waals surface area (Å²) in [6.45, 7) is 14.4. The van der Waals surface area contributed by atoms with Gasteiger partial charge in [0.15, 0.2) is 0 Å². The van der Waals surface area contributed by atoms with Crippen LogP contribution in [0.2, 0.25) is 36.3 Å². The first-order valence-corrected chi connectivity index (χ1v) is 27.1. The van der Waals surface area contributed by atoms with E-state index in [1.807, 2.05) is 0 Å². The van der Waals surface area contributed by atoms with E-state index in [0.29, 0.717) is 0 Å². The van der Waals surface area contributed by atoms with Crippen molar-refractivity contribution < 1.29 is 0 Å². The van der Waals surface area contributed by atoms with Gasteiger partial charge in [0.1, 0.15) is 0 Å². The number of unbranched alkanes of at least 4 members (excludes halogenated alkanes) is 18. The van der Waals surface area contributed by atoms with Crippen molar-refractivity contribution in [2.24, 2.45) is 0 Å². The van der Waals surface area contributed by atoms with E-state index in [1.165, 1.54) is 124 Å². The van der Waals surface area contributed by atoms with E-state index in [0.717, 1.165) is 0 Å². The molecule has 0 nitrogen and oxygen atoms in total. The molecular formula is C36H78Si3. The van der Waals surface area contributed by atoms with Crippen LogP contribution in [0.15, 0.2) is 0 Å². The summed E-state index contributed by atoms with van der Waals surface area (Å²) in [6.07, 6.45) is 35.9. The first-order chi connectivity index (χ1) is 19.1. The van der Waals surface area contributed by atoms with E-state index in [2.05, 4.69) is 41.5 Å². The molecule has 2 radical (unpaired) electrons. The minimum atomic E-state index is -1.20. The quantitative estimate of drug-likeness (QED) is 0.0536. The zero-order chi connectivity index (χ0) is 28.9. The molecule has 234 valence electrons. The minimum Gasteiger partial charge on any atom is -0.0654 e. The summed E-state index contributed by atoms with van der Waals surface area (Å²) in [5, 5.41) is 0. The van der Waals surface area contributed by atoms with Crippen molar-refractivity contribution in [1.29, 1.82) is 0 Å². The Kier molecular flexibility index (Phi) is 29.2. The zero-order valence-electron chi connectivity index (χ0n) is 28.7. The van der Waals surface area contributed by atoms with Crippen LogP contribution in [0, 0.1) is 0 Å². The third-order valence-electron chi connectivity index (χ3n) is 9.58. The van der Waals surface area contributed by atoms with Gasteiger partial charge in [-0.2, -0.15) is 0 Å². The maximum absolute atomic E-state index is 2.41. The molecule has 0 aromatic rings. The Hall–Kier alpha value is 0.651. The summed E-state index contributed by atoms with van der Waals surface area (Å²) in [6, 6.07) is 10.3. The maximum Gasteiger partial charge on any atom is 0.0390 e. The Labute approximate surface area is 254 Å². The highest BCUT2D eigenvalue weighted by Gasteiger charge is 2.42. The topological polar surface area (TPSA) is 0 Å². The van der Waals surface area contributed by atoms with Gasteiger partial charge in [0.2, 0.25) is 0 Å². The fraction of sp³-hybridized carbons (Fsp3) is 1.00. The van der Waals surface area contributed by atoms with Gasteiger partial charge in [0.05, 0.1) is 0 Å². The predicted molar refractivity (Wildman–Crippen MR) is 191 cm³/mol. The summed E-state index contributed by atoms with van der Waals surface area (Å²) in [5.74, 6) is 0. The lowest BCUT2D eigenvalue weighted by Gasteiger charge is -2.43. The number of hydrogen-bond donors (Lipinski definition) is 0. The second kappa shape index (κ2) is 28.8. The van der Waals surface area contributed by atoms with E-state index in [4.69, 9.17) is 0 Å². The molecule has 0 saturated heterocycles. The molecule has 0 aromatic carbocycles. The van der Waals surface area contributed by atoms with Crippen LogP contribution >= 0.6 is 0 Å². The van der Waals surface area contributed by atoms with Crippen LogP contribution in [0.25, 0.3) is 0 Å². The van der Waals surface area contributed by atoms with Crippen molar-refractivity contribution >= 4 is 23.7 Å². The number of hydrogen-bond acceptors (Lipinski definition) is 0. The lowest BCUT2D eigenvalue weighted by molar-refractivity contribution is 0.667. The molecule has 0 aliphatic carbocycles. The molecular weight excluding hydrogens is 517 g/mol. The van der Waals surface area contributed by atoms with Crippen molar-refractivity contribution in [3.8, 4) is 0 Å². The second-order valence-corrected chi connectivity index (χ2v) is 31.3. The standard InChI is InChI=1S/C36H78Si3/c1-7-13-19-25-31-38(32-26-20-14-8-2,33-27-21-15-9-3)37-39(34-28-22-16-10-4,35-29-23-17-11-5)36-30-24-18-12-6/h7-36H2,1-6H3. The normalized spacial score (nSPS) is 12.5. The van der Waals surface area contributed by atoms with Gasteiger partial charge in [-0.25, -0.2) is 0 Å². The fourth-order valence-corrected chi connectivity index (χ4v) is 41.6. The number of rotatable bonds is 32. The molecule has 0 amide bonds. The molecule has 0 fully saturated rings. The molecule has 0 spiro atoms. The maximum atomic E-state index is 2.41. The van der Waals surface area contributed by atoms with E-state index in [1.54, 1.807) is 74.8 Å². The van der Waals surface area contributed by atoms with Gasteiger partial charge >= 0.3 is 0 Å². The molecule has 0 rings (SSSR count). The minimum absolute atomic E-state index is 1.20. The highest BCUT2D eigenvalue weighted by Crippen LogP contribution is 2.37. The van der Waals surface area contributed by atoms with Crippen LogP contribution in [-0.2, 0) is 0 Å². The van der Waals surface area contributed by atoms with E-state index in [9.17, 15) is 0 Å². The van der Waals surface area contributed by atoms with Crippen LogP contribution in [-0.4, -0.2) is 23.7 Å². The van der Waals surface area contributed by atoms with Crippen LogP contribution in [0.3, 0.4) is 0 Å². The third kappa shape index (κ3) is 21.9. The van der Waals surface area contributed by atoms with Gasteiger partial charge in [-0.1, -0.05) is 232 Å². The monoisotopic (exact) mass is 595 g/mol. The second-order valence-electron chi connectivity index (χ2n) is 13.5. The van der Waals surface area contributed by atoms with Crippen molar-refractivity contribution in [1.82, 2.24) is 0 Å². The van der Waals surface area contributed by atoms with Crippen molar-refractivity contribution in [2.45, 2.75) is 232 Å². The zero-order valence-corrected chi connectivity index (χ0v) is 31.7. The van der Waals surface area contributed by atoms with E-state index >= 15 is 0 Å². The summed E-state index contributed by atoms with van der Waals surface area (Å²) < 4.78 is 0. The molecule has 3 heteroatoms. The van der Waals surface area contributed by atoms with E-state index in [-0.39, 0.29) is 0 Å². The van der Waals surface area contributed by atoms with Crippen LogP contribution < -0.4 is 0 Å². The molecule has 0 unspecified atom stereocenters. The molecule has 0 saturated carbocycles. The first-order valence-electron chi connectivity index (χ1n) is 18.9. The lowest BCUT2D eigenvalue weighted by atomic mass is 10.2. The Bertz CT molecular complexity index is 373. The van der Waals surface area contributed by atoms with E-state index < -0.39 is 15.2 Å². The third-order valence-corrected chi connectivity index (χ3v) is 35.7. The summed E-state index contributed by atoms with van der Waals surface area (Å²) >= 11 is 0. The largest absolute Gasteiger partial charge is 0.0654 e. The summed E-state index contributed by atoms with van der Waals surface area (Å²) in [5.41, 5.74) is 0. The molecule has 0 aliphatic rings. The Balaban J connectivity index is 6.10. The molecule has 0 heterocycles. The molecule has 0 bridgehead atoms. The molecule has 0 N–H and O–H groups in total. The average Bonchev–Trinajstić information content (AvgIpc) is 2.94. The van der Waals surface area contributed by atoms with Crippen LogP contribution in [0.1, 0.15) is 196 Å². The fourth-order valence-electron chi connectivity index (χ4n) is 7.03. The van der Waals surface area contributed by atoms with Crippen LogP contribution in [0.4, 0.5) is 0 Å². The highest BCUT2D eigenvalue weighted by atomic mass is 29.6. The Morgan fingerprint density at radius 2 is 0.436 bits per heavy atom. The Morgan fingerprint density at radius 1 is 0.256 bits per heavy atom. The summed E-state index contributed by atoms with van der Waals surface area (Å²) in [4.78, 5) is 0. The van der Waals surface area contributed by atoms with Crippen LogP contribution in [0.5, 0.6) is 0 Å². The van der Waals surface area contributed by atoms with Crippen molar-refractivity contribution in [3.63, 3.8) is 0 Å². The predicted octanol–water partition coefficient (Wildman–Crippen LogP) is 14.1. The van der Waals surface area contributed by atoms with Gasteiger partial charge in [-0.05, 0) is 0 Å². The first kappa shape index (κ1) is 39.7. The van der Waals surface area contributed by atoms with Crippen molar-refractivity contribution in [3.05, 3.63) is 0 Å². The van der Waals surface area contributed by atoms with Gasteiger partial charge < -0.3 is 0 Å². The summed E-state index contributed by atoms with van der Waals surface area (Å²) in [7, 11) is -0.889. The molecule has 0 aromatic heterocycles. The highest BCUT2D eigenvalue weighted by molar-refractivity contribution is 7.53. The molecule has 0 aliphatic heterocycles.